The number of hydrogen-bond donors (Lipinski definition) is 1. The molecule has 0 aromatic heterocycles. The molecule has 6 nitrogen and oxygen atoms in total. The predicted molar refractivity (Wildman–Crippen MR) is 91.1 cm³/mol. The fourth-order valence-corrected chi connectivity index (χ4v) is 2.76. The van der Waals surface area contributed by atoms with Gasteiger partial charge in [-0.15, -0.1) is 0 Å². The average Bonchev–Trinajstić information content (AvgIpc) is 2.61. The van der Waals surface area contributed by atoms with Crippen LogP contribution in [0.2, 0.25) is 0 Å². The second-order valence-electron chi connectivity index (χ2n) is 6.45. The number of alkyl halides is 3. The van der Waals surface area contributed by atoms with Gasteiger partial charge in [0.2, 0.25) is 0 Å². The normalized spacial score (nSPS) is 17.6. The first-order valence-electron chi connectivity index (χ1n) is 8.42. The van der Waals surface area contributed by atoms with E-state index in [1.54, 1.807) is 13.8 Å². The molecule has 1 aliphatic heterocycles. The molecule has 1 amide bonds. The van der Waals surface area contributed by atoms with Crippen molar-refractivity contribution in [2.75, 3.05) is 13.2 Å². The number of rotatable bonds is 6. The van der Waals surface area contributed by atoms with E-state index in [0.29, 0.717) is 11.9 Å². The standard InChI is InChI=1S/C18H20F4N2O4/c1-10(2)24-15(28-17(26)18(20,21)22)6-12-5-13(3-4-14(12)16(24)25)27-9-11(7-19)8-23/h3-5,7,10,15H,6,8-9,23H2,1-2H3/b11-7+. The van der Waals surface area contributed by atoms with Gasteiger partial charge in [0.25, 0.3) is 5.91 Å². The molecule has 154 valence electrons. The second-order valence-corrected chi connectivity index (χ2v) is 6.45. The Kier molecular flexibility index (Phi) is 6.65. The fraction of sp³-hybridized carbons (Fsp3) is 0.444. The van der Waals surface area contributed by atoms with E-state index < -0.39 is 30.3 Å². The second kappa shape index (κ2) is 8.59. The molecule has 0 bridgehead atoms. The van der Waals surface area contributed by atoms with Gasteiger partial charge >= 0.3 is 12.1 Å². The minimum Gasteiger partial charge on any atom is -0.489 e. The summed E-state index contributed by atoms with van der Waals surface area (Å²) in [4.78, 5) is 25.1. The van der Waals surface area contributed by atoms with E-state index >= 15 is 0 Å². The Morgan fingerprint density at radius 3 is 2.61 bits per heavy atom. The van der Waals surface area contributed by atoms with Crippen molar-refractivity contribution in [3.05, 3.63) is 41.2 Å². The molecule has 0 aliphatic carbocycles. The number of esters is 1. The van der Waals surface area contributed by atoms with Crippen molar-refractivity contribution in [1.82, 2.24) is 4.90 Å². The van der Waals surface area contributed by atoms with Gasteiger partial charge in [-0.2, -0.15) is 13.2 Å². The molecule has 0 saturated heterocycles. The quantitative estimate of drug-likeness (QED) is 0.583. The zero-order valence-electron chi connectivity index (χ0n) is 15.3. The molecular formula is C18H20F4N2O4. The van der Waals surface area contributed by atoms with E-state index in [4.69, 9.17) is 10.5 Å². The Morgan fingerprint density at radius 1 is 1.39 bits per heavy atom. The molecule has 10 heteroatoms. The Bertz CT molecular complexity index is 777. The van der Waals surface area contributed by atoms with E-state index in [1.165, 1.54) is 18.2 Å². The first kappa shape index (κ1) is 21.7. The van der Waals surface area contributed by atoms with Gasteiger partial charge in [-0.3, -0.25) is 4.79 Å². The van der Waals surface area contributed by atoms with Gasteiger partial charge in [0, 0.05) is 30.1 Å². The average molecular weight is 404 g/mol. The molecule has 1 unspecified atom stereocenters. The van der Waals surface area contributed by atoms with Crippen LogP contribution >= 0.6 is 0 Å². The van der Waals surface area contributed by atoms with Gasteiger partial charge < -0.3 is 20.1 Å². The number of carbonyl (C=O) groups is 2. The SMILES string of the molecule is CC(C)N1C(=O)c2ccc(OC/C(=C/F)CN)cc2CC1OC(=O)C(F)(F)F. The van der Waals surface area contributed by atoms with Crippen molar-refractivity contribution in [3.8, 4) is 5.75 Å². The molecule has 1 atom stereocenters. The van der Waals surface area contributed by atoms with Crippen molar-refractivity contribution in [3.63, 3.8) is 0 Å². The van der Waals surface area contributed by atoms with Crippen LogP contribution in [0.1, 0.15) is 29.8 Å². The van der Waals surface area contributed by atoms with Crippen molar-refractivity contribution >= 4 is 11.9 Å². The molecule has 0 radical (unpaired) electrons. The number of nitrogens with two attached hydrogens (primary N) is 1. The highest BCUT2D eigenvalue weighted by Gasteiger charge is 2.45. The zero-order chi connectivity index (χ0) is 21.1. The number of carbonyl (C=O) groups excluding carboxylic acids is 2. The Balaban J connectivity index is 2.28. The summed E-state index contributed by atoms with van der Waals surface area (Å²) in [5.41, 5.74) is 6.17. The van der Waals surface area contributed by atoms with E-state index in [1.807, 2.05) is 0 Å². The minimum absolute atomic E-state index is 0.0429. The monoisotopic (exact) mass is 404 g/mol. The minimum atomic E-state index is -5.17. The highest BCUT2D eigenvalue weighted by Crippen LogP contribution is 2.30. The summed E-state index contributed by atoms with van der Waals surface area (Å²) in [6.45, 7) is 3.04. The number of fused-ring (bicyclic) bond motifs is 1. The number of hydrogen-bond acceptors (Lipinski definition) is 5. The summed E-state index contributed by atoms with van der Waals surface area (Å²) < 4.78 is 60.3. The first-order valence-corrected chi connectivity index (χ1v) is 8.42. The van der Waals surface area contributed by atoms with Crippen molar-refractivity contribution in [2.24, 2.45) is 5.73 Å². The summed E-state index contributed by atoms with van der Waals surface area (Å²) in [7, 11) is 0. The predicted octanol–water partition coefficient (Wildman–Crippen LogP) is 2.72. The van der Waals surface area contributed by atoms with Gasteiger partial charge in [0.15, 0.2) is 6.23 Å². The van der Waals surface area contributed by atoms with Crippen LogP contribution in [0.25, 0.3) is 0 Å². The largest absolute Gasteiger partial charge is 0.491 e. The van der Waals surface area contributed by atoms with Crippen molar-refractivity contribution < 1.29 is 36.6 Å². The summed E-state index contributed by atoms with van der Waals surface area (Å²) in [6.07, 6.45) is -6.39. The fourth-order valence-electron chi connectivity index (χ4n) is 2.76. The van der Waals surface area contributed by atoms with Crippen LogP contribution in [-0.2, 0) is 16.0 Å². The summed E-state index contributed by atoms with van der Waals surface area (Å²) in [6, 6.07) is 3.91. The van der Waals surface area contributed by atoms with Gasteiger partial charge in [0.1, 0.15) is 12.4 Å². The molecule has 0 fully saturated rings. The summed E-state index contributed by atoms with van der Waals surface area (Å²) >= 11 is 0. The van der Waals surface area contributed by atoms with E-state index in [-0.39, 0.29) is 36.5 Å². The van der Waals surface area contributed by atoms with E-state index in [2.05, 4.69) is 4.74 Å². The van der Waals surface area contributed by atoms with Crippen LogP contribution < -0.4 is 10.5 Å². The molecule has 2 N–H and O–H groups in total. The molecule has 1 aromatic carbocycles. The highest BCUT2D eigenvalue weighted by molar-refractivity contribution is 5.97. The Morgan fingerprint density at radius 2 is 2.07 bits per heavy atom. The number of benzene rings is 1. The molecule has 0 saturated carbocycles. The summed E-state index contributed by atoms with van der Waals surface area (Å²) in [5.74, 6) is -2.65. The first-order chi connectivity index (χ1) is 13.1. The van der Waals surface area contributed by atoms with Crippen LogP contribution in [0.5, 0.6) is 5.75 Å². The maximum absolute atomic E-state index is 12.7. The van der Waals surface area contributed by atoms with Crippen molar-refractivity contribution in [2.45, 2.75) is 38.7 Å². The third-order valence-electron chi connectivity index (χ3n) is 4.12. The van der Waals surface area contributed by atoms with Gasteiger partial charge in [0.05, 0.1) is 6.33 Å². The lowest BCUT2D eigenvalue weighted by Crippen LogP contribution is -2.52. The lowest BCUT2D eigenvalue weighted by molar-refractivity contribution is -0.212. The van der Waals surface area contributed by atoms with Crippen LogP contribution in [0.15, 0.2) is 30.1 Å². The molecular weight excluding hydrogens is 384 g/mol. The number of nitrogens with zero attached hydrogens (tertiary/aromatic N) is 1. The Hall–Kier alpha value is -2.62. The highest BCUT2D eigenvalue weighted by atomic mass is 19.4. The third-order valence-corrected chi connectivity index (χ3v) is 4.12. The van der Waals surface area contributed by atoms with Crippen molar-refractivity contribution in [1.29, 1.82) is 0 Å². The number of ether oxygens (including phenoxy) is 2. The zero-order valence-corrected chi connectivity index (χ0v) is 15.3. The van der Waals surface area contributed by atoms with Crippen LogP contribution in [0, 0.1) is 0 Å². The lowest BCUT2D eigenvalue weighted by atomic mass is 9.96. The third kappa shape index (κ3) is 4.80. The molecule has 1 heterocycles. The molecule has 2 rings (SSSR count). The van der Waals surface area contributed by atoms with Gasteiger partial charge in [-0.25, -0.2) is 9.18 Å². The molecule has 0 spiro atoms. The number of halogens is 4. The topological polar surface area (TPSA) is 81.9 Å². The van der Waals surface area contributed by atoms with E-state index in [0.717, 1.165) is 4.90 Å². The maximum atomic E-state index is 12.7. The van der Waals surface area contributed by atoms with E-state index in [9.17, 15) is 27.2 Å². The van der Waals surface area contributed by atoms with Gasteiger partial charge in [-0.05, 0) is 37.6 Å². The lowest BCUT2D eigenvalue weighted by Gasteiger charge is -2.38. The number of amides is 1. The Labute approximate surface area is 158 Å². The van der Waals surface area contributed by atoms with Gasteiger partial charge in [-0.1, -0.05) is 0 Å². The molecule has 28 heavy (non-hydrogen) atoms. The van der Waals surface area contributed by atoms with Crippen LogP contribution in [-0.4, -0.2) is 48.4 Å². The molecule has 1 aliphatic rings. The summed E-state index contributed by atoms with van der Waals surface area (Å²) in [5, 5.41) is 0. The molecule has 1 aromatic rings. The van der Waals surface area contributed by atoms with Crippen LogP contribution in [0.3, 0.4) is 0 Å². The smallest absolute Gasteiger partial charge is 0.489 e. The van der Waals surface area contributed by atoms with Crippen LogP contribution in [0.4, 0.5) is 17.6 Å². The maximum Gasteiger partial charge on any atom is 0.491 e.